The lowest BCUT2D eigenvalue weighted by Gasteiger charge is -2.20. The van der Waals surface area contributed by atoms with Crippen LogP contribution in [0, 0.1) is 6.92 Å². The largest absolute Gasteiger partial charge is 0.496 e. The molecule has 1 aliphatic carbocycles. The van der Waals surface area contributed by atoms with E-state index >= 15 is 0 Å². The fraction of sp³-hybridized carbons (Fsp3) is 0.647. The van der Waals surface area contributed by atoms with Gasteiger partial charge in [0.05, 0.1) is 7.11 Å². The third-order valence-electron chi connectivity index (χ3n) is 4.15. The fourth-order valence-electron chi connectivity index (χ4n) is 2.88. The van der Waals surface area contributed by atoms with Gasteiger partial charge in [-0.1, -0.05) is 30.5 Å². The molecule has 1 saturated carbocycles. The molecule has 1 unspecified atom stereocenters. The lowest BCUT2D eigenvalue weighted by atomic mass is 10.0. The standard InChI is InChI=1S/C17H27NOS/c1-13-8-9-17(19-3)14(10-13)11-15(18-2)12-20-16-6-4-5-7-16/h8-10,15-16,18H,4-7,11-12H2,1-3H3. The first-order chi connectivity index (χ1) is 9.72. The van der Waals surface area contributed by atoms with E-state index < -0.39 is 0 Å². The van der Waals surface area contributed by atoms with Crippen LogP contribution in [0.4, 0.5) is 0 Å². The zero-order valence-corrected chi connectivity index (χ0v) is 13.8. The van der Waals surface area contributed by atoms with E-state index in [-0.39, 0.29) is 0 Å². The molecule has 1 aliphatic rings. The lowest BCUT2D eigenvalue weighted by molar-refractivity contribution is 0.407. The van der Waals surface area contributed by atoms with Crippen molar-refractivity contribution in [3.05, 3.63) is 29.3 Å². The highest BCUT2D eigenvalue weighted by Gasteiger charge is 2.18. The van der Waals surface area contributed by atoms with Gasteiger partial charge in [-0.05, 0) is 44.9 Å². The highest BCUT2D eigenvalue weighted by atomic mass is 32.2. The predicted molar refractivity (Wildman–Crippen MR) is 89.0 cm³/mol. The van der Waals surface area contributed by atoms with E-state index in [2.05, 4.69) is 49.2 Å². The molecule has 1 N–H and O–H groups in total. The molecule has 1 aromatic carbocycles. The normalized spacial score (nSPS) is 17.4. The molecule has 20 heavy (non-hydrogen) atoms. The van der Waals surface area contributed by atoms with Crippen LogP contribution in [0.25, 0.3) is 0 Å². The molecule has 2 rings (SSSR count). The van der Waals surface area contributed by atoms with Gasteiger partial charge in [0.15, 0.2) is 0 Å². The molecule has 0 aliphatic heterocycles. The van der Waals surface area contributed by atoms with Crippen LogP contribution in [-0.4, -0.2) is 31.2 Å². The molecule has 0 amide bonds. The van der Waals surface area contributed by atoms with E-state index in [4.69, 9.17) is 4.74 Å². The Morgan fingerprint density at radius 1 is 1.35 bits per heavy atom. The van der Waals surface area contributed by atoms with E-state index in [1.807, 2.05) is 0 Å². The Bertz CT molecular complexity index is 415. The minimum atomic E-state index is 0.524. The third-order valence-corrected chi connectivity index (χ3v) is 5.68. The van der Waals surface area contributed by atoms with E-state index in [1.165, 1.54) is 42.6 Å². The van der Waals surface area contributed by atoms with Gasteiger partial charge in [-0.15, -0.1) is 0 Å². The van der Waals surface area contributed by atoms with Crippen LogP contribution in [0.2, 0.25) is 0 Å². The number of benzene rings is 1. The minimum Gasteiger partial charge on any atom is -0.496 e. The van der Waals surface area contributed by atoms with Crippen molar-refractivity contribution in [1.82, 2.24) is 5.32 Å². The fourth-order valence-corrected chi connectivity index (χ4v) is 4.34. The molecule has 0 radical (unpaired) electrons. The van der Waals surface area contributed by atoms with Crippen molar-refractivity contribution in [2.24, 2.45) is 0 Å². The highest BCUT2D eigenvalue weighted by molar-refractivity contribution is 7.99. The van der Waals surface area contributed by atoms with Gasteiger partial charge in [0.2, 0.25) is 0 Å². The molecule has 1 atom stereocenters. The van der Waals surface area contributed by atoms with Crippen molar-refractivity contribution in [3.63, 3.8) is 0 Å². The monoisotopic (exact) mass is 293 g/mol. The number of hydrogen-bond acceptors (Lipinski definition) is 3. The summed E-state index contributed by atoms with van der Waals surface area (Å²) in [6, 6.07) is 6.98. The van der Waals surface area contributed by atoms with E-state index in [0.29, 0.717) is 6.04 Å². The third kappa shape index (κ3) is 4.42. The van der Waals surface area contributed by atoms with E-state index in [1.54, 1.807) is 7.11 Å². The van der Waals surface area contributed by atoms with Crippen molar-refractivity contribution in [1.29, 1.82) is 0 Å². The van der Waals surface area contributed by atoms with Crippen LogP contribution in [0.1, 0.15) is 36.8 Å². The van der Waals surface area contributed by atoms with Gasteiger partial charge in [-0.25, -0.2) is 0 Å². The molecule has 112 valence electrons. The molecule has 1 fully saturated rings. The maximum Gasteiger partial charge on any atom is 0.122 e. The van der Waals surface area contributed by atoms with Crippen molar-refractivity contribution in [2.75, 3.05) is 19.9 Å². The Balaban J connectivity index is 1.92. The summed E-state index contributed by atoms with van der Waals surface area (Å²) in [5.41, 5.74) is 2.62. The van der Waals surface area contributed by atoms with E-state index in [0.717, 1.165) is 17.4 Å². The number of rotatable bonds is 7. The number of aryl methyl sites for hydroxylation is 1. The second-order valence-electron chi connectivity index (χ2n) is 5.74. The van der Waals surface area contributed by atoms with Crippen LogP contribution in [0.5, 0.6) is 5.75 Å². The Morgan fingerprint density at radius 2 is 2.10 bits per heavy atom. The molecule has 2 nitrogen and oxygen atoms in total. The van der Waals surface area contributed by atoms with Crippen LogP contribution in [0.15, 0.2) is 18.2 Å². The Labute approximate surface area is 127 Å². The Kier molecular flexibility index (Phi) is 6.24. The van der Waals surface area contributed by atoms with Crippen molar-refractivity contribution in [2.45, 2.75) is 50.3 Å². The zero-order valence-electron chi connectivity index (χ0n) is 12.9. The van der Waals surface area contributed by atoms with Gasteiger partial charge >= 0.3 is 0 Å². The molecule has 1 aromatic rings. The van der Waals surface area contributed by atoms with Gasteiger partial charge < -0.3 is 10.1 Å². The van der Waals surface area contributed by atoms with Crippen molar-refractivity contribution in [3.8, 4) is 5.75 Å². The van der Waals surface area contributed by atoms with Crippen LogP contribution in [-0.2, 0) is 6.42 Å². The SMILES string of the molecule is CNC(CSC1CCCC1)Cc1cc(C)ccc1OC. The topological polar surface area (TPSA) is 21.3 Å². The summed E-state index contributed by atoms with van der Waals surface area (Å²) >= 11 is 2.15. The van der Waals surface area contributed by atoms with Crippen molar-refractivity contribution >= 4 is 11.8 Å². The Morgan fingerprint density at radius 3 is 2.75 bits per heavy atom. The number of nitrogens with one attached hydrogen (secondary N) is 1. The van der Waals surface area contributed by atoms with E-state index in [9.17, 15) is 0 Å². The average Bonchev–Trinajstić information content (AvgIpc) is 2.97. The number of ether oxygens (including phenoxy) is 1. The lowest BCUT2D eigenvalue weighted by Crippen LogP contribution is -2.31. The summed E-state index contributed by atoms with van der Waals surface area (Å²) in [4.78, 5) is 0. The summed E-state index contributed by atoms with van der Waals surface area (Å²) in [5.74, 6) is 2.21. The number of methoxy groups -OCH3 is 1. The summed E-state index contributed by atoms with van der Waals surface area (Å²) in [5, 5.41) is 4.36. The van der Waals surface area contributed by atoms with Gasteiger partial charge in [0.25, 0.3) is 0 Å². The summed E-state index contributed by atoms with van der Waals surface area (Å²) in [7, 11) is 3.83. The quantitative estimate of drug-likeness (QED) is 0.826. The number of likely N-dealkylation sites (N-methyl/N-ethyl adjacent to an activating group) is 1. The molecule has 0 saturated heterocycles. The van der Waals surface area contributed by atoms with Crippen molar-refractivity contribution < 1.29 is 4.74 Å². The molecule has 0 aromatic heterocycles. The highest BCUT2D eigenvalue weighted by Crippen LogP contribution is 2.30. The predicted octanol–water partition coefficient (Wildman–Crippen LogP) is 3.81. The number of thioether (sulfide) groups is 1. The maximum atomic E-state index is 5.49. The molecular weight excluding hydrogens is 266 g/mol. The second-order valence-corrected chi connectivity index (χ2v) is 7.08. The number of hydrogen-bond donors (Lipinski definition) is 1. The van der Waals surface area contributed by atoms with Gasteiger partial charge in [0.1, 0.15) is 5.75 Å². The van der Waals surface area contributed by atoms with Gasteiger partial charge in [0, 0.05) is 17.0 Å². The smallest absolute Gasteiger partial charge is 0.122 e. The first-order valence-electron chi connectivity index (χ1n) is 7.65. The molecular formula is C17H27NOS. The van der Waals surface area contributed by atoms with Crippen LogP contribution < -0.4 is 10.1 Å². The van der Waals surface area contributed by atoms with Gasteiger partial charge in [-0.3, -0.25) is 0 Å². The molecule has 0 spiro atoms. The first-order valence-corrected chi connectivity index (χ1v) is 8.70. The molecule has 3 heteroatoms. The average molecular weight is 293 g/mol. The van der Waals surface area contributed by atoms with Crippen LogP contribution >= 0.6 is 11.8 Å². The first kappa shape index (κ1) is 15.7. The van der Waals surface area contributed by atoms with Gasteiger partial charge in [-0.2, -0.15) is 11.8 Å². The summed E-state index contributed by atoms with van der Waals surface area (Å²) in [6.45, 7) is 2.14. The Hall–Kier alpha value is -0.670. The minimum absolute atomic E-state index is 0.524. The molecule has 0 heterocycles. The summed E-state index contributed by atoms with van der Waals surface area (Å²) < 4.78 is 5.49. The second kappa shape index (κ2) is 7.94. The zero-order chi connectivity index (χ0) is 14.4. The maximum absolute atomic E-state index is 5.49. The molecule has 0 bridgehead atoms. The summed E-state index contributed by atoms with van der Waals surface area (Å²) in [6.07, 6.45) is 6.71. The van der Waals surface area contributed by atoms with Crippen LogP contribution in [0.3, 0.4) is 0 Å².